The summed E-state index contributed by atoms with van der Waals surface area (Å²) < 4.78 is 17.2. The number of hydrogen-bond acceptors (Lipinski definition) is 5. The van der Waals surface area contributed by atoms with Crippen molar-refractivity contribution in [3.8, 4) is 0 Å². The zero-order valence-electron chi connectivity index (χ0n) is 17.8. The molecule has 1 aromatic heterocycles. The van der Waals surface area contributed by atoms with Gasteiger partial charge < -0.3 is 24.6 Å². The molecule has 5 N–H and O–H groups in total. The van der Waals surface area contributed by atoms with Crippen LogP contribution in [-0.2, 0) is 20.6 Å². The van der Waals surface area contributed by atoms with Crippen molar-refractivity contribution in [3.63, 3.8) is 0 Å². The van der Waals surface area contributed by atoms with E-state index in [-0.39, 0.29) is 18.8 Å². The van der Waals surface area contributed by atoms with Crippen LogP contribution in [0, 0.1) is 5.92 Å². The first-order valence-corrected chi connectivity index (χ1v) is 12.0. The molecule has 0 aliphatic rings. The van der Waals surface area contributed by atoms with Crippen molar-refractivity contribution in [2.45, 2.75) is 38.8 Å². The number of carbonyl (C=O) groups is 2. The third-order valence-electron chi connectivity index (χ3n) is 5.06. The van der Waals surface area contributed by atoms with Crippen molar-refractivity contribution >= 4 is 41.4 Å². The lowest BCUT2D eigenvalue weighted by Gasteiger charge is -2.22. The molecule has 0 saturated heterocycles. The van der Waals surface area contributed by atoms with Gasteiger partial charge in [0.25, 0.3) is 0 Å². The van der Waals surface area contributed by atoms with Crippen LogP contribution in [0.1, 0.15) is 25.8 Å². The van der Waals surface area contributed by atoms with Crippen molar-refractivity contribution < 1.29 is 33.5 Å². The fraction of sp³-hybridized carbons (Fsp3) is 0.364. The van der Waals surface area contributed by atoms with Crippen molar-refractivity contribution in [1.29, 1.82) is 0 Å². The van der Waals surface area contributed by atoms with Crippen LogP contribution in [-0.4, -0.2) is 45.1 Å². The molecule has 1 heterocycles. The third kappa shape index (κ3) is 6.17. The first-order chi connectivity index (χ1) is 15.0. The molecule has 0 spiro atoms. The monoisotopic (exact) mass is 462 g/mol. The maximum atomic E-state index is 12.9. The molecule has 2 atom stereocenters. The number of amides is 1. The third-order valence-corrected chi connectivity index (χ3v) is 5.66. The van der Waals surface area contributed by atoms with E-state index in [4.69, 9.17) is 4.42 Å². The number of carbonyl (C=O) groups excluding carboxylic acids is 1. The molecule has 0 aliphatic heterocycles. The average molecular weight is 462 g/mol. The molecule has 0 fully saturated rings. The predicted molar refractivity (Wildman–Crippen MR) is 120 cm³/mol. The van der Waals surface area contributed by atoms with Crippen LogP contribution in [0.2, 0.25) is 0 Å². The normalized spacial score (nSPS) is 14.0. The van der Waals surface area contributed by atoms with Gasteiger partial charge in [0.2, 0.25) is 5.91 Å². The second-order valence-corrected chi connectivity index (χ2v) is 9.89. The Morgan fingerprint density at radius 3 is 2.38 bits per heavy atom. The lowest BCUT2D eigenvalue weighted by Crippen LogP contribution is -2.51. The zero-order valence-corrected chi connectivity index (χ0v) is 18.7. The number of nitrogens with one attached hydrogen (secondary N) is 2. The summed E-state index contributed by atoms with van der Waals surface area (Å²) in [5.41, 5.74) is 2.05. The quantitative estimate of drug-likeness (QED) is 0.289. The van der Waals surface area contributed by atoms with Crippen LogP contribution in [0.5, 0.6) is 0 Å². The van der Waals surface area contributed by atoms with Crippen LogP contribution < -0.4 is 10.6 Å². The Hall–Kier alpha value is -2.71. The molecule has 0 unspecified atom stereocenters. The van der Waals surface area contributed by atoms with Gasteiger partial charge in [-0.15, -0.1) is 0 Å². The Labute approximate surface area is 185 Å². The van der Waals surface area contributed by atoms with E-state index in [1.807, 2.05) is 50.2 Å². The summed E-state index contributed by atoms with van der Waals surface area (Å²) in [6.45, 7) is 3.68. The molecular weight excluding hydrogens is 435 g/mol. The molecule has 0 aliphatic carbocycles. The SMILES string of the molecule is CC(C)C[C@H](NC(=O)[C@H](Cc1ccc2c(c1)oc1ccccc12)NCP(=O)(O)O)C(=O)O. The Balaban J connectivity index is 1.84. The van der Waals surface area contributed by atoms with Gasteiger partial charge in [-0.25, -0.2) is 4.79 Å². The first-order valence-electron chi connectivity index (χ1n) is 10.2. The van der Waals surface area contributed by atoms with Crippen LogP contribution >= 0.6 is 7.60 Å². The van der Waals surface area contributed by atoms with Crippen molar-refractivity contribution in [3.05, 3.63) is 48.0 Å². The summed E-state index contributed by atoms with van der Waals surface area (Å²) in [7, 11) is -4.42. The Morgan fingerprint density at radius 2 is 1.72 bits per heavy atom. The number of carboxylic acids is 1. The molecule has 9 nitrogen and oxygen atoms in total. The zero-order chi connectivity index (χ0) is 23.5. The van der Waals surface area contributed by atoms with Crippen LogP contribution in [0.3, 0.4) is 0 Å². The number of aliphatic carboxylic acids is 1. The summed E-state index contributed by atoms with van der Waals surface area (Å²) in [5, 5.41) is 16.4. The minimum absolute atomic E-state index is 0.0356. The van der Waals surface area contributed by atoms with Crippen molar-refractivity contribution in [1.82, 2.24) is 10.6 Å². The fourth-order valence-corrected chi connectivity index (χ4v) is 4.04. The fourth-order valence-electron chi connectivity index (χ4n) is 3.58. The lowest BCUT2D eigenvalue weighted by atomic mass is 10.0. The second-order valence-electron chi connectivity index (χ2n) is 8.24. The van der Waals surface area contributed by atoms with Gasteiger partial charge in [-0.05, 0) is 36.5 Å². The van der Waals surface area contributed by atoms with Gasteiger partial charge in [0.05, 0.1) is 12.3 Å². The molecule has 3 aromatic rings. The molecular formula is C22H27N2O7P. The van der Waals surface area contributed by atoms with E-state index >= 15 is 0 Å². The average Bonchev–Trinajstić information content (AvgIpc) is 3.07. The summed E-state index contributed by atoms with van der Waals surface area (Å²) in [4.78, 5) is 42.8. The summed E-state index contributed by atoms with van der Waals surface area (Å²) in [5.74, 6) is -1.77. The van der Waals surface area contributed by atoms with E-state index in [2.05, 4.69) is 10.6 Å². The highest BCUT2D eigenvalue weighted by Crippen LogP contribution is 2.33. The molecule has 172 valence electrons. The minimum Gasteiger partial charge on any atom is -0.480 e. The standard InChI is InChI=1S/C22H27N2O7P/c1-13(2)9-18(22(26)27)24-21(25)17(23-12-32(28,29)30)10-14-7-8-16-15-5-3-4-6-19(15)31-20(16)11-14/h3-8,11,13,17-18,23H,9-10,12H2,1-2H3,(H,24,25)(H,26,27)(H2,28,29,30)/t17-,18-/m0/s1. The maximum absolute atomic E-state index is 12.9. The highest BCUT2D eigenvalue weighted by atomic mass is 31.2. The van der Waals surface area contributed by atoms with Gasteiger partial charge in [-0.3, -0.25) is 14.7 Å². The van der Waals surface area contributed by atoms with Crippen LogP contribution in [0.15, 0.2) is 46.9 Å². The largest absolute Gasteiger partial charge is 0.480 e. The topological polar surface area (TPSA) is 149 Å². The highest BCUT2D eigenvalue weighted by molar-refractivity contribution is 7.51. The Bertz CT molecular complexity index is 1170. The first kappa shape index (κ1) is 23.9. The summed E-state index contributed by atoms with van der Waals surface area (Å²) in [6, 6.07) is 10.9. The number of rotatable bonds is 10. The number of para-hydroxylation sites is 1. The molecule has 0 saturated carbocycles. The highest BCUT2D eigenvalue weighted by Gasteiger charge is 2.28. The molecule has 1 amide bonds. The second kappa shape index (κ2) is 9.83. The predicted octanol–water partition coefficient (Wildman–Crippen LogP) is 2.84. The molecule has 32 heavy (non-hydrogen) atoms. The van der Waals surface area contributed by atoms with Gasteiger partial charge in [0, 0.05) is 10.8 Å². The summed E-state index contributed by atoms with van der Waals surface area (Å²) in [6.07, 6.45) is -0.385. The number of furan rings is 1. The van der Waals surface area contributed by atoms with E-state index < -0.39 is 37.8 Å². The number of fused-ring (bicyclic) bond motifs is 3. The Morgan fingerprint density at radius 1 is 1.03 bits per heavy atom. The molecule has 2 aromatic carbocycles. The summed E-state index contributed by atoms with van der Waals surface area (Å²) >= 11 is 0. The molecule has 0 bridgehead atoms. The van der Waals surface area contributed by atoms with E-state index in [1.54, 1.807) is 6.07 Å². The van der Waals surface area contributed by atoms with Crippen molar-refractivity contribution in [2.24, 2.45) is 5.92 Å². The molecule has 0 radical (unpaired) electrons. The number of benzene rings is 2. The van der Waals surface area contributed by atoms with Crippen molar-refractivity contribution in [2.75, 3.05) is 6.29 Å². The van der Waals surface area contributed by atoms with Gasteiger partial charge in [0.1, 0.15) is 17.2 Å². The molecule has 10 heteroatoms. The van der Waals surface area contributed by atoms with Gasteiger partial charge in [0.15, 0.2) is 0 Å². The smallest absolute Gasteiger partial charge is 0.339 e. The van der Waals surface area contributed by atoms with Crippen LogP contribution in [0.4, 0.5) is 0 Å². The minimum atomic E-state index is -4.42. The van der Waals surface area contributed by atoms with E-state index in [0.717, 1.165) is 16.4 Å². The Kier molecular flexibility index (Phi) is 7.36. The van der Waals surface area contributed by atoms with E-state index in [0.29, 0.717) is 11.1 Å². The van der Waals surface area contributed by atoms with E-state index in [1.165, 1.54) is 0 Å². The van der Waals surface area contributed by atoms with Gasteiger partial charge in [-0.1, -0.05) is 44.2 Å². The lowest BCUT2D eigenvalue weighted by molar-refractivity contribution is -0.142. The number of carboxylic acid groups (broad SMARTS) is 1. The van der Waals surface area contributed by atoms with Gasteiger partial charge >= 0.3 is 13.6 Å². The van der Waals surface area contributed by atoms with Gasteiger partial charge in [-0.2, -0.15) is 0 Å². The number of hydrogen-bond donors (Lipinski definition) is 5. The van der Waals surface area contributed by atoms with E-state index in [9.17, 15) is 29.0 Å². The van der Waals surface area contributed by atoms with Crippen LogP contribution in [0.25, 0.3) is 21.9 Å². The maximum Gasteiger partial charge on any atom is 0.339 e. The molecule has 3 rings (SSSR count).